The number of nitrogens with zero attached hydrogens (tertiary/aromatic N) is 6. The molecule has 0 radical (unpaired) electrons. The van der Waals surface area contributed by atoms with E-state index in [1.54, 1.807) is 18.6 Å². The first-order valence-corrected chi connectivity index (χ1v) is 8.09. The molecule has 7 nitrogen and oxygen atoms in total. The van der Waals surface area contributed by atoms with Crippen LogP contribution in [-0.4, -0.2) is 45.3 Å². The van der Waals surface area contributed by atoms with Crippen molar-refractivity contribution in [3.05, 3.63) is 30.5 Å². The Morgan fingerprint density at radius 3 is 2.87 bits per heavy atom. The molecule has 2 fully saturated rings. The van der Waals surface area contributed by atoms with E-state index >= 15 is 0 Å². The van der Waals surface area contributed by atoms with Gasteiger partial charge in [-0.25, -0.2) is 4.98 Å². The van der Waals surface area contributed by atoms with Crippen LogP contribution in [-0.2, 0) is 4.79 Å². The van der Waals surface area contributed by atoms with Crippen molar-refractivity contribution in [2.24, 2.45) is 0 Å². The lowest BCUT2D eigenvalue weighted by molar-refractivity contribution is -0.117. The van der Waals surface area contributed by atoms with Gasteiger partial charge in [0, 0.05) is 44.6 Å². The first kappa shape index (κ1) is 14.2. The minimum atomic E-state index is 0.202. The number of carbonyl (C=O) groups is 1. The van der Waals surface area contributed by atoms with E-state index in [1.807, 2.05) is 22.7 Å². The molecule has 7 heteroatoms. The van der Waals surface area contributed by atoms with E-state index in [9.17, 15) is 4.79 Å². The van der Waals surface area contributed by atoms with Crippen molar-refractivity contribution in [1.29, 1.82) is 0 Å². The highest BCUT2D eigenvalue weighted by Gasteiger charge is 2.28. The van der Waals surface area contributed by atoms with Gasteiger partial charge >= 0.3 is 0 Å². The quantitative estimate of drug-likeness (QED) is 0.860. The maximum absolute atomic E-state index is 11.8. The Balaban J connectivity index is 1.49. The molecule has 4 heterocycles. The molecule has 0 N–H and O–H groups in total. The molecule has 1 amide bonds. The van der Waals surface area contributed by atoms with E-state index < -0.39 is 0 Å². The van der Waals surface area contributed by atoms with Crippen LogP contribution in [0.15, 0.2) is 24.8 Å². The summed E-state index contributed by atoms with van der Waals surface area (Å²) >= 11 is 0. The number of aryl methyl sites for hydroxylation is 1. The molecule has 4 rings (SSSR count). The number of hydrogen-bond donors (Lipinski definition) is 0. The fourth-order valence-electron chi connectivity index (χ4n) is 3.45. The largest absolute Gasteiger partial charge is 0.353 e. The molecule has 120 valence electrons. The summed E-state index contributed by atoms with van der Waals surface area (Å²) < 4.78 is 1.99. The lowest BCUT2D eigenvalue weighted by Gasteiger charge is -2.18. The zero-order valence-corrected chi connectivity index (χ0v) is 13.2. The van der Waals surface area contributed by atoms with Crippen molar-refractivity contribution in [2.45, 2.75) is 32.2 Å². The Hall–Kier alpha value is -2.44. The van der Waals surface area contributed by atoms with Crippen LogP contribution >= 0.6 is 0 Å². The van der Waals surface area contributed by atoms with E-state index in [4.69, 9.17) is 0 Å². The SMILES string of the molecule is Cc1nccnc1N1CCC(n2cc(N3CCCC3=O)cn2)C1. The Kier molecular flexibility index (Phi) is 3.48. The average molecular weight is 312 g/mol. The Labute approximate surface area is 134 Å². The summed E-state index contributed by atoms with van der Waals surface area (Å²) in [5.74, 6) is 1.16. The molecular weight excluding hydrogens is 292 g/mol. The normalized spacial score (nSPS) is 21.4. The molecule has 2 aliphatic heterocycles. The monoisotopic (exact) mass is 312 g/mol. The molecule has 2 aromatic rings. The van der Waals surface area contributed by atoms with Gasteiger partial charge in [0.15, 0.2) is 0 Å². The summed E-state index contributed by atoms with van der Waals surface area (Å²) in [6.07, 6.45) is 9.87. The molecule has 0 spiro atoms. The number of carbonyl (C=O) groups excluding carboxylic acids is 1. The molecule has 0 aliphatic carbocycles. The van der Waals surface area contributed by atoms with Gasteiger partial charge in [0.25, 0.3) is 0 Å². The van der Waals surface area contributed by atoms with Crippen LogP contribution in [0.1, 0.15) is 31.0 Å². The molecule has 0 saturated carbocycles. The van der Waals surface area contributed by atoms with E-state index in [0.29, 0.717) is 12.5 Å². The third-order valence-corrected chi connectivity index (χ3v) is 4.67. The van der Waals surface area contributed by atoms with Crippen molar-refractivity contribution < 1.29 is 4.79 Å². The molecular formula is C16H20N6O. The molecule has 1 atom stereocenters. The number of hydrogen-bond acceptors (Lipinski definition) is 5. The van der Waals surface area contributed by atoms with Gasteiger partial charge in [-0.1, -0.05) is 0 Å². The average Bonchev–Trinajstić information content (AvgIpc) is 3.26. The number of amides is 1. The van der Waals surface area contributed by atoms with Crippen molar-refractivity contribution in [3.63, 3.8) is 0 Å². The fourth-order valence-corrected chi connectivity index (χ4v) is 3.45. The molecule has 2 aromatic heterocycles. The predicted molar refractivity (Wildman–Crippen MR) is 86.5 cm³/mol. The van der Waals surface area contributed by atoms with Gasteiger partial charge in [-0.2, -0.15) is 5.10 Å². The van der Waals surface area contributed by atoms with Gasteiger partial charge in [0.1, 0.15) is 5.82 Å². The van der Waals surface area contributed by atoms with Crippen LogP contribution in [0.4, 0.5) is 11.5 Å². The van der Waals surface area contributed by atoms with Crippen LogP contribution in [0.5, 0.6) is 0 Å². The molecule has 2 saturated heterocycles. The summed E-state index contributed by atoms with van der Waals surface area (Å²) in [4.78, 5) is 24.7. The van der Waals surface area contributed by atoms with Gasteiger partial charge in [-0.15, -0.1) is 0 Å². The topological polar surface area (TPSA) is 67.2 Å². The molecule has 23 heavy (non-hydrogen) atoms. The van der Waals surface area contributed by atoms with Crippen molar-refractivity contribution in [1.82, 2.24) is 19.7 Å². The first-order chi connectivity index (χ1) is 11.2. The Bertz CT molecular complexity index is 727. The van der Waals surface area contributed by atoms with E-state index in [-0.39, 0.29) is 5.91 Å². The zero-order chi connectivity index (χ0) is 15.8. The minimum Gasteiger partial charge on any atom is -0.353 e. The lowest BCUT2D eigenvalue weighted by Crippen LogP contribution is -2.24. The smallest absolute Gasteiger partial charge is 0.227 e. The summed E-state index contributed by atoms with van der Waals surface area (Å²) in [5, 5.41) is 4.49. The first-order valence-electron chi connectivity index (χ1n) is 8.09. The van der Waals surface area contributed by atoms with E-state index in [2.05, 4.69) is 20.0 Å². The van der Waals surface area contributed by atoms with Gasteiger partial charge in [0.05, 0.1) is 23.6 Å². The van der Waals surface area contributed by atoms with Crippen molar-refractivity contribution >= 4 is 17.4 Å². The third kappa shape index (κ3) is 2.56. The highest BCUT2D eigenvalue weighted by molar-refractivity contribution is 5.95. The lowest BCUT2D eigenvalue weighted by atomic mass is 10.3. The third-order valence-electron chi connectivity index (χ3n) is 4.67. The number of aromatic nitrogens is 4. The fraction of sp³-hybridized carbons (Fsp3) is 0.500. The maximum Gasteiger partial charge on any atom is 0.227 e. The highest BCUT2D eigenvalue weighted by atomic mass is 16.2. The van der Waals surface area contributed by atoms with Gasteiger partial charge in [0.2, 0.25) is 5.91 Å². The van der Waals surface area contributed by atoms with Gasteiger partial charge < -0.3 is 9.80 Å². The van der Waals surface area contributed by atoms with E-state index in [1.165, 1.54) is 0 Å². The maximum atomic E-state index is 11.8. The molecule has 2 aliphatic rings. The molecule has 0 aromatic carbocycles. The number of anilines is 2. The molecule has 1 unspecified atom stereocenters. The van der Waals surface area contributed by atoms with Crippen LogP contribution in [0.3, 0.4) is 0 Å². The number of rotatable bonds is 3. The van der Waals surface area contributed by atoms with Crippen LogP contribution in [0.25, 0.3) is 0 Å². The standard InChI is InChI=1S/C16H20N6O/c1-12-16(18-6-5-17-12)20-8-4-13(10-20)22-11-14(9-19-22)21-7-2-3-15(21)23/h5-6,9,11,13H,2-4,7-8,10H2,1H3. The summed E-state index contributed by atoms with van der Waals surface area (Å²) in [6.45, 7) is 4.61. The summed E-state index contributed by atoms with van der Waals surface area (Å²) in [5.41, 5.74) is 1.87. The summed E-state index contributed by atoms with van der Waals surface area (Å²) in [6, 6.07) is 0.308. The minimum absolute atomic E-state index is 0.202. The second-order valence-corrected chi connectivity index (χ2v) is 6.18. The predicted octanol–water partition coefficient (Wildman–Crippen LogP) is 1.56. The van der Waals surface area contributed by atoms with Crippen molar-refractivity contribution in [3.8, 4) is 0 Å². The molecule has 0 bridgehead atoms. The second-order valence-electron chi connectivity index (χ2n) is 6.18. The van der Waals surface area contributed by atoms with Gasteiger partial charge in [-0.3, -0.25) is 14.5 Å². The van der Waals surface area contributed by atoms with Gasteiger partial charge in [-0.05, 0) is 19.8 Å². The van der Waals surface area contributed by atoms with Crippen LogP contribution in [0.2, 0.25) is 0 Å². The van der Waals surface area contributed by atoms with E-state index in [0.717, 1.165) is 49.7 Å². The second kappa shape index (κ2) is 5.64. The highest BCUT2D eigenvalue weighted by Crippen LogP contribution is 2.28. The van der Waals surface area contributed by atoms with Crippen molar-refractivity contribution in [2.75, 3.05) is 29.4 Å². The van der Waals surface area contributed by atoms with Crippen LogP contribution < -0.4 is 9.80 Å². The zero-order valence-electron chi connectivity index (χ0n) is 13.2. The summed E-state index contributed by atoms with van der Waals surface area (Å²) in [7, 11) is 0. The Morgan fingerprint density at radius 2 is 2.09 bits per heavy atom. The van der Waals surface area contributed by atoms with Crippen LogP contribution in [0, 0.1) is 6.92 Å². The Morgan fingerprint density at radius 1 is 1.22 bits per heavy atom.